The number of carbonyl (C=O) groups excluding carboxylic acids is 1. The molecule has 0 N–H and O–H groups in total. The number of furan rings is 1. The smallest absolute Gasteiger partial charge is 0.290 e. The van der Waals surface area contributed by atoms with Crippen LogP contribution >= 0.6 is 11.6 Å². The van der Waals surface area contributed by atoms with Crippen LogP contribution in [0.4, 0.5) is 5.82 Å². The van der Waals surface area contributed by atoms with E-state index < -0.39 is 0 Å². The van der Waals surface area contributed by atoms with Gasteiger partial charge in [-0.05, 0) is 32.3 Å². The average Bonchev–Trinajstić information content (AvgIpc) is 3.06. The van der Waals surface area contributed by atoms with Gasteiger partial charge in [-0.1, -0.05) is 29.8 Å². The number of anilines is 1. The Labute approximate surface area is 169 Å². The van der Waals surface area contributed by atoms with Crippen molar-refractivity contribution in [3.05, 3.63) is 58.9 Å². The first-order chi connectivity index (χ1) is 13.5. The first-order valence-corrected chi connectivity index (χ1v) is 9.71. The van der Waals surface area contributed by atoms with Crippen LogP contribution in [0.1, 0.15) is 16.1 Å². The third kappa shape index (κ3) is 3.70. The second-order valence-electron chi connectivity index (χ2n) is 7.26. The van der Waals surface area contributed by atoms with Crippen molar-refractivity contribution in [1.29, 1.82) is 0 Å². The molecule has 0 bridgehead atoms. The van der Waals surface area contributed by atoms with E-state index in [2.05, 4.69) is 14.8 Å². The number of aromatic nitrogens is 1. The van der Waals surface area contributed by atoms with Gasteiger partial charge < -0.3 is 19.1 Å². The lowest BCUT2D eigenvalue weighted by Gasteiger charge is -2.35. The topological polar surface area (TPSA) is 52.8 Å². The molecule has 0 saturated carbocycles. The number of para-hydroxylation sites is 1. The van der Waals surface area contributed by atoms with Gasteiger partial charge in [0.05, 0.1) is 5.02 Å². The maximum Gasteiger partial charge on any atom is 0.290 e. The van der Waals surface area contributed by atoms with Crippen LogP contribution in [-0.2, 0) is 6.54 Å². The van der Waals surface area contributed by atoms with Gasteiger partial charge in [-0.3, -0.25) is 4.79 Å². The zero-order valence-electron chi connectivity index (χ0n) is 16.1. The average molecular weight is 399 g/mol. The minimum atomic E-state index is -0.0447. The first kappa shape index (κ1) is 18.8. The molecule has 4 rings (SSSR count). The fraction of sp³-hybridized carbons (Fsp3) is 0.333. The number of halogens is 1. The number of amides is 1. The molecule has 28 heavy (non-hydrogen) atoms. The van der Waals surface area contributed by atoms with E-state index in [1.807, 2.05) is 55.4 Å². The lowest BCUT2D eigenvalue weighted by atomic mass is 10.1. The molecule has 0 radical (unpaired) electrons. The number of rotatable bonds is 4. The van der Waals surface area contributed by atoms with Crippen molar-refractivity contribution in [3.8, 4) is 0 Å². The molecule has 0 unspecified atom stereocenters. The fourth-order valence-corrected chi connectivity index (χ4v) is 3.69. The molecule has 0 atom stereocenters. The van der Waals surface area contributed by atoms with Crippen LogP contribution in [0.3, 0.4) is 0 Å². The van der Waals surface area contributed by atoms with Crippen molar-refractivity contribution < 1.29 is 9.21 Å². The second kappa shape index (κ2) is 7.81. The van der Waals surface area contributed by atoms with Crippen LogP contribution in [0.2, 0.25) is 5.02 Å². The number of nitrogens with zero attached hydrogens (tertiary/aromatic N) is 4. The minimum absolute atomic E-state index is 0.0447. The van der Waals surface area contributed by atoms with Crippen LogP contribution in [0, 0.1) is 0 Å². The highest BCUT2D eigenvalue weighted by molar-refractivity contribution is 6.30. The van der Waals surface area contributed by atoms with E-state index in [0.717, 1.165) is 35.4 Å². The van der Waals surface area contributed by atoms with E-state index in [9.17, 15) is 4.79 Å². The van der Waals surface area contributed by atoms with Crippen molar-refractivity contribution in [1.82, 2.24) is 14.8 Å². The minimum Gasteiger partial charge on any atom is -0.451 e. The van der Waals surface area contributed by atoms with Gasteiger partial charge in [-0.25, -0.2) is 4.98 Å². The molecular weight excluding hydrogens is 376 g/mol. The van der Waals surface area contributed by atoms with Crippen LogP contribution in [-0.4, -0.2) is 61.0 Å². The molecule has 1 aromatic carbocycles. The van der Waals surface area contributed by atoms with E-state index in [1.54, 1.807) is 6.20 Å². The Morgan fingerprint density at radius 2 is 1.89 bits per heavy atom. The molecule has 146 valence electrons. The normalized spacial score (nSPS) is 14.9. The molecule has 6 nitrogen and oxygen atoms in total. The van der Waals surface area contributed by atoms with Crippen LogP contribution < -0.4 is 4.90 Å². The monoisotopic (exact) mass is 398 g/mol. The highest BCUT2D eigenvalue weighted by Gasteiger charge is 2.28. The van der Waals surface area contributed by atoms with Crippen molar-refractivity contribution in [2.24, 2.45) is 0 Å². The molecule has 1 fully saturated rings. The summed E-state index contributed by atoms with van der Waals surface area (Å²) < 4.78 is 5.98. The number of piperazine rings is 1. The molecule has 3 aromatic rings. The Kier molecular flexibility index (Phi) is 5.24. The van der Waals surface area contributed by atoms with Gasteiger partial charge in [0.15, 0.2) is 5.76 Å². The van der Waals surface area contributed by atoms with Gasteiger partial charge in [0.2, 0.25) is 0 Å². The molecule has 1 aliphatic heterocycles. The van der Waals surface area contributed by atoms with Crippen molar-refractivity contribution in [3.63, 3.8) is 0 Å². The van der Waals surface area contributed by atoms with Gasteiger partial charge in [0.1, 0.15) is 11.4 Å². The maximum atomic E-state index is 13.2. The van der Waals surface area contributed by atoms with Gasteiger partial charge in [0.25, 0.3) is 5.91 Å². The number of hydrogen-bond acceptors (Lipinski definition) is 5. The summed E-state index contributed by atoms with van der Waals surface area (Å²) >= 11 is 5.92. The third-order valence-electron chi connectivity index (χ3n) is 4.97. The number of benzene rings is 1. The van der Waals surface area contributed by atoms with Crippen molar-refractivity contribution >= 4 is 34.3 Å². The lowest BCUT2D eigenvalue weighted by molar-refractivity contribution is 0.0714. The van der Waals surface area contributed by atoms with Crippen LogP contribution in [0.5, 0.6) is 0 Å². The summed E-state index contributed by atoms with van der Waals surface area (Å²) in [4.78, 5) is 23.7. The summed E-state index contributed by atoms with van der Waals surface area (Å²) in [5, 5.41) is 1.62. The summed E-state index contributed by atoms with van der Waals surface area (Å²) in [5.41, 5.74) is 1.71. The summed E-state index contributed by atoms with van der Waals surface area (Å²) in [5.74, 6) is 1.29. The summed E-state index contributed by atoms with van der Waals surface area (Å²) in [7, 11) is 3.99. The molecule has 0 aliphatic carbocycles. The molecule has 3 heterocycles. The highest BCUT2D eigenvalue weighted by atomic mass is 35.5. The molecule has 1 aliphatic rings. The van der Waals surface area contributed by atoms with Crippen LogP contribution in [0.25, 0.3) is 11.0 Å². The predicted octanol–water partition coefficient (Wildman–Crippen LogP) is 3.51. The summed E-state index contributed by atoms with van der Waals surface area (Å²) in [6.07, 6.45) is 1.65. The Hall–Kier alpha value is -2.57. The molecular formula is C21H23ClN4O2. The largest absolute Gasteiger partial charge is 0.451 e. The highest BCUT2D eigenvalue weighted by Crippen LogP contribution is 2.28. The van der Waals surface area contributed by atoms with Crippen LogP contribution in [0.15, 0.2) is 47.0 Å². The molecule has 7 heteroatoms. The second-order valence-corrected chi connectivity index (χ2v) is 7.69. The SMILES string of the molecule is CN(C)Cc1c(C(=O)N2CCN(c3ccc(Cl)cn3)CC2)oc2ccccc12. The quantitative estimate of drug-likeness (QED) is 0.673. The first-order valence-electron chi connectivity index (χ1n) is 9.34. The third-order valence-corrected chi connectivity index (χ3v) is 5.19. The summed E-state index contributed by atoms with van der Waals surface area (Å²) in [6.45, 7) is 3.36. The zero-order chi connectivity index (χ0) is 19.7. The van der Waals surface area contributed by atoms with Gasteiger partial charge in [-0.2, -0.15) is 0 Å². The lowest BCUT2D eigenvalue weighted by Crippen LogP contribution is -2.49. The number of fused-ring (bicyclic) bond motifs is 1. The number of carbonyl (C=O) groups is 1. The van der Waals surface area contributed by atoms with E-state index in [0.29, 0.717) is 30.4 Å². The molecule has 1 amide bonds. The van der Waals surface area contributed by atoms with E-state index in [-0.39, 0.29) is 5.91 Å². The number of hydrogen-bond donors (Lipinski definition) is 0. The van der Waals surface area contributed by atoms with E-state index in [4.69, 9.17) is 16.0 Å². The zero-order valence-corrected chi connectivity index (χ0v) is 16.8. The molecule has 0 spiro atoms. The van der Waals surface area contributed by atoms with Crippen molar-refractivity contribution in [2.45, 2.75) is 6.54 Å². The van der Waals surface area contributed by atoms with Gasteiger partial charge in [0, 0.05) is 49.9 Å². The maximum absolute atomic E-state index is 13.2. The fourth-order valence-electron chi connectivity index (χ4n) is 3.58. The Bertz CT molecular complexity index is 976. The Morgan fingerprint density at radius 1 is 1.14 bits per heavy atom. The molecule has 1 saturated heterocycles. The van der Waals surface area contributed by atoms with E-state index in [1.165, 1.54) is 0 Å². The van der Waals surface area contributed by atoms with Gasteiger partial charge in [-0.15, -0.1) is 0 Å². The number of pyridine rings is 1. The van der Waals surface area contributed by atoms with Gasteiger partial charge >= 0.3 is 0 Å². The standard InChI is InChI=1S/C21H23ClN4O2/c1-24(2)14-17-16-5-3-4-6-18(16)28-20(17)21(27)26-11-9-25(10-12-26)19-8-7-15(22)13-23-19/h3-8,13H,9-12,14H2,1-2H3. The Balaban J connectivity index is 1.53. The van der Waals surface area contributed by atoms with E-state index >= 15 is 0 Å². The molecule has 2 aromatic heterocycles. The summed E-state index contributed by atoms with van der Waals surface area (Å²) in [6, 6.07) is 11.6. The predicted molar refractivity (Wildman–Crippen MR) is 111 cm³/mol. The Morgan fingerprint density at radius 3 is 2.57 bits per heavy atom. The van der Waals surface area contributed by atoms with Crippen molar-refractivity contribution in [2.75, 3.05) is 45.2 Å².